The van der Waals surface area contributed by atoms with Gasteiger partial charge in [0.05, 0.1) is 11.4 Å². The Morgan fingerprint density at radius 3 is 2.56 bits per heavy atom. The molecule has 0 aliphatic heterocycles. The zero-order chi connectivity index (χ0) is 22.8. The molecule has 0 aliphatic carbocycles. The van der Waals surface area contributed by atoms with Crippen molar-refractivity contribution in [3.8, 4) is 11.1 Å². The van der Waals surface area contributed by atoms with Crippen LogP contribution in [-0.2, 0) is 24.4 Å². The first-order chi connectivity index (χ1) is 15.4. The van der Waals surface area contributed by atoms with E-state index in [1.165, 1.54) is 5.56 Å². The molecular weight excluding hydrogens is 400 g/mol. The van der Waals surface area contributed by atoms with Gasteiger partial charge in [-0.15, -0.1) is 0 Å². The summed E-state index contributed by atoms with van der Waals surface area (Å²) in [6.07, 6.45) is 3.82. The molecule has 1 aromatic carbocycles. The van der Waals surface area contributed by atoms with Gasteiger partial charge in [0, 0.05) is 43.0 Å². The lowest BCUT2D eigenvalue weighted by atomic mass is 10.0. The molecule has 0 saturated heterocycles. The Balaban J connectivity index is 1.63. The Hall–Kier alpha value is -3.48. The van der Waals surface area contributed by atoms with E-state index in [1.807, 2.05) is 42.6 Å². The number of pyridine rings is 1. The summed E-state index contributed by atoms with van der Waals surface area (Å²) in [4.78, 5) is 19.6. The molecule has 0 bridgehead atoms. The van der Waals surface area contributed by atoms with E-state index in [2.05, 4.69) is 53.3 Å². The first-order valence-electron chi connectivity index (χ1n) is 11.1. The van der Waals surface area contributed by atoms with Crippen molar-refractivity contribution in [3.63, 3.8) is 0 Å². The van der Waals surface area contributed by atoms with Crippen molar-refractivity contribution in [3.05, 3.63) is 65.2 Å². The second-order valence-electron chi connectivity index (χ2n) is 8.17. The first kappa shape index (κ1) is 21.7. The second kappa shape index (κ2) is 8.94. The molecule has 3 heterocycles. The van der Waals surface area contributed by atoms with Gasteiger partial charge in [0.15, 0.2) is 5.65 Å². The fourth-order valence-corrected chi connectivity index (χ4v) is 4.13. The van der Waals surface area contributed by atoms with Crippen molar-refractivity contribution in [2.45, 2.75) is 54.3 Å². The van der Waals surface area contributed by atoms with E-state index >= 15 is 0 Å². The molecular formula is C25H30N6O. The van der Waals surface area contributed by atoms with Gasteiger partial charge in [-0.1, -0.05) is 29.8 Å². The Morgan fingerprint density at radius 1 is 1.06 bits per heavy atom. The Kier molecular flexibility index (Phi) is 6.08. The minimum absolute atomic E-state index is 0.0170. The molecule has 0 unspecified atom stereocenters. The van der Waals surface area contributed by atoms with Crippen LogP contribution in [0.5, 0.6) is 0 Å². The van der Waals surface area contributed by atoms with E-state index in [4.69, 9.17) is 0 Å². The van der Waals surface area contributed by atoms with Crippen molar-refractivity contribution in [2.24, 2.45) is 0 Å². The molecule has 0 spiro atoms. The van der Waals surface area contributed by atoms with Crippen LogP contribution in [0, 0.1) is 20.8 Å². The molecule has 0 atom stereocenters. The monoisotopic (exact) mass is 430 g/mol. The molecule has 1 amide bonds. The quantitative estimate of drug-likeness (QED) is 0.439. The molecule has 0 aliphatic rings. The number of nitrogens with zero attached hydrogens (tertiary/aromatic N) is 6. The van der Waals surface area contributed by atoms with E-state index in [0.29, 0.717) is 13.1 Å². The fraction of sp³-hybridized carbons (Fsp3) is 0.360. The SMILES string of the molecule is CCN(Cc1cn(CC)nc1C)C(=O)Cn1nc(C)c2c(-c3cccc(C)c3)ccnc21. The largest absolute Gasteiger partial charge is 0.337 e. The van der Waals surface area contributed by atoms with Gasteiger partial charge in [0.2, 0.25) is 5.91 Å². The smallest absolute Gasteiger partial charge is 0.244 e. The highest BCUT2D eigenvalue weighted by Gasteiger charge is 2.20. The molecule has 32 heavy (non-hydrogen) atoms. The first-order valence-corrected chi connectivity index (χ1v) is 11.1. The van der Waals surface area contributed by atoms with Crippen LogP contribution in [0.15, 0.2) is 42.7 Å². The highest BCUT2D eigenvalue weighted by Crippen LogP contribution is 2.30. The van der Waals surface area contributed by atoms with Crippen LogP contribution < -0.4 is 0 Å². The lowest BCUT2D eigenvalue weighted by Crippen LogP contribution is -2.33. The number of likely N-dealkylation sites (N-methyl/N-ethyl adjacent to an activating group) is 1. The maximum absolute atomic E-state index is 13.2. The molecule has 0 saturated carbocycles. The highest BCUT2D eigenvalue weighted by molar-refractivity contribution is 5.95. The molecule has 3 aromatic heterocycles. The van der Waals surface area contributed by atoms with Gasteiger partial charge in [-0.2, -0.15) is 10.2 Å². The minimum atomic E-state index is 0.0170. The summed E-state index contributed by atoms with van der Waals surface area (Å²) in [6.45, 7) is 12.2. The third-order valence-electron chi connectivity index (χ3n) is 5.89. The standard InChI is InChI=1S/C25H30N6O/c1-6-29(14-21-15-30(7-2)27-18(21)4)23(32)16-31-25-24(19(5)28-31)22(11-12-26-25)20-10-8-9-17(3)13-20/h8-13,15H,6-7,14,16H2,1-5H3. The summed E-state index contributed by atoms with van der Waals surface area (Å²) in [5.41, 5.74) is 7.07. The van der Waals surface area contributed by atoms with E-state index in [9.17, 15) is 4.79 Å². The number of aromatic nitrogens is 5. The Bertz CT molecular complexity index is 1270. The number of hydrogen-bond donors (Lipinski definition) is 0. The van der Waals surface area contributed by atoms with Gasteiger partial charge in [-0.3, -0.25) is 9.48 Å². The lowest BCUT2D eigenvalue weighted by Gasteiger charge is -2.20. The molecule has 0 radical (unpaired) electrons. The molecule has 4 aromatic rings. The van der Waals surface area contributed by atoms with Gasteiger partial charge in [-0.25, -0.2) is 9.67 Å². The number of carbonyl (C=O) groups excluding carboxylic acids is 1. The lowest BCUT2D eigenvalue weighted by molar-refractivity contribution is -0.132. The number of benzene rings is 1. The number of aryl methyl sites for hydroxylation is 4. The fourth-order valence-electron chi connectivity index (χ4n) is 4.13. The summed E-state index contributed by atoms with van der Waals surface area (Å²) in [7, 11) is 0. The van der Waals surface area contributed by atoms with Crippen molar-refractivity contribution < 1.29 is 4.79 Å². The average molecular weight is 431 g/mol. The zero-order valence-electron chi connectivity index (χ0n) is 19.5. The molecule has 0 N–H and O–H groups in total. The Labute approximate surface area is 188 Å². The van der Waals surface area contributed by atoms with Gasteiger partial charge in [-0.05, 0) is 51.8 Å². The van der Waals surface area contributed by atoms with Crippen LogP contribution in [0.1, 0.15) is 36.4 Å². The van der Waals surface area contributed by atoms with Crippen molar-refractivity contribution >= 4 is 16.9 Å². The average Bonchev–Trinajstić information content (AvgIpc) is 3.30. The summed E-state index contributed by atoms with van der Waals surface area (Å²) in [5.74, 6) is 0.0170. The van der Waals surface area contributed by atoms with Gasteiger partial charge >= 0.3 is 0 Å². The summed E-state index contributed by atoms with van der Waals surface area (Å²) >= 11 is 0. The van der Waals surface area contributed by atoms with E-state index in [0.717, 1.165) is 45.7 Å². The predicted molar refractivity (Wildman–Crippen MR) is 126 cm³/mol. The van der Waals surface area contributed by atoms with Crippen molar-refractivity contribution in [2.75, 3.05) is 6.54 Å². The van der Waals surface area contributed by atoms with Crippen LogP contribution in [0.2, 0.25) is 0 Å². The number of carbonyl (C=O) groups is 1. The van der Waals surface area contributed by atoms with Crippen LogP contribution >= 0.6 is 0 Å². The topological polar surface area (TPSA) is 68.8 Å². The summed E-state index contributed by atoms with van der Waals surface area (Å²) in [5, 5.41) is 10.2. The van der Waals surface area contributed by atoms with Crippen LogP contribution in [0.4, 0.5) is 0 Å². The molecule has 4 rings (SSSR count). The van der Waals surface area contributed by atoms with Crippen LogP contribution in [0.3, 0.4) is 0 Å². The van der Waals surface area contributed by atoms with Crippen molar-refractivity contribution in [1.82, 2.24) is 29.4 Å². The second-order valence-corrected chi connectivity index (χ2v) is 8.17. The van der Waals surface area contributed by atoms with Gasteiger partial charge in [0.1, 0.15) is 6.54 Å². The zero-order valence-corrected chi connectivity index (χ0v) is 19.5. The molecule has 0 fully saturated rings. The summed E-state index contributed by atoms with van der Waals surface area (Å²) in [6, 6.07) is 10.4. The van der Waals surface area contributed by atoms with Crippen molar-refractivity contribution in [1.29, 1.82) is 0 Å². The minimum Gasteiger partial charge on any atom is -0.337 e. The number of rotatable bonds is 7. The molecule has 7 nitrogen and oxygen atoms in total. The third kappa shape index (κ3) is 4.15. The molecule has 7 heteroatoms. The van der Waals surface area contributed by atoms with Crippen LogP contribution in [0.25, 0.3) is 22.2 Å². The van der Waals surface area contributed by atoms with E-state index < -0.39 is 0 Å². The number of amides is 1. The normalized spacial score (nSPS) is 11.3. The van der Waals surface area contributed by atoms with Crippen LogP contribution in [-0.4, -0.2) is 41.9 Å². The van der Waals surface area contributed by atoms with E-state index in [1.54, 1.807) is 10.9 Å². The number of hydrogen-bond acceptors (Lipinski definition) is 4. The maximum Gasteiger partial charge on any atom is 0.244 e. The predicted octanol–water partition coefficient (Wildman–Crippen LogP) is 4.29. The Morgan fingerprint density at radius 2 is 1.88 bits per heavy atom. The van der Waals surface area contributed by atoms with Gasteiger partial charge in [0.25, 0.3) is 0 Å². The maximum atomic E-state index is 13.2. The third-order valence-corrected chi connectivity index (χ3v) is 5.89. The van der Waals surface area contributed by atoms with E-state index in [-0.39, 0.29) is 12.5 Å². The highest BCUT2D eigenvalue weighted by atomic mass is 16.2. The molecule has 166 valence electrons. The van der Waals surface area contributed by atoms with Gasteiger partial charge < -0.3 is 4.90 Å². The summed E-state index contributed by atoms with van der Waals surface area (Å²) < 4.78 is 3.64. The number of fused-ring (bicyclic) bond motifs is 1.